The first kappa shape index (κ1) is 14.1. The average molecular weight is 331 g/mol. The number of halogens is 1. The van der Waals surface area contributed by atoms with Gasteiger partial charge in [-0.15, -0.1) is 0 Å². The van der Waals surface area contributed by atoms with Crippen molar-refractivity contribution in [3.8, 4) is 0 Å². The van der Waals surface area contributed by atoms with E-state index in [2.05, 4.69) is 39.7 Å². The van der Waals surface area contributed by atoms with Gasteiger partial charge in [-0.05, 0) is 46.9 Å². The van der Waals surface area contributed by atoms with Crippen LogP contribution in [-0.4, -0.2) is 15.7 Å². The van der Waals surface area contributed by atoms with Crippen LogP contribution in [0.5, 0.6) is 0 Å². The zero-order valence-electron chi connectivity index (χ0n) is 10.8. The van der Waals surface area contributed by atoms with E-state index in [1.165, 1.54) is 18.6 Å². The van der Waals surface area contributed by atoms with Crippen LogP contribution in [0, 0.1) is 5.92 Å². The number of nitrogens with one attached hydrogen (secondary N) is 1. The smallest absolute Gasteiger partial charge is 0.265 e. The third-order valence-electron chi connectivity index (χ3n) is 3.04. The summed E-state index contributed by atoms with van der Waals surface area (Å²) in [6.07, 6.45) is 4.48. The zero-order chi connectivity index (χ0) is 13.1. The summed E-state index contributed by atoms with van der Waals surface area (Å²) in [5.41, 5.74) is 0.858. The van der Waals surface area contributed by atoms with Crippen LogP contribution in [0.2, 0.25) is 0 Å². The number of hydrogen-bond donors (Lipinski definition) is 1. The summed E-state index contributed by atoms with van der Waals surface area (Å²) in [7, 11) is 0. The van der Waals surface area contributed by atoms with Crippen LogP contribution in [0.3, 0.4) is 0 Å². The standard InChI is InChI=1S/C13H19BrN2OS/c1-8(2)7-9-11(14)13(17)16-12(15-9)10-5-3-4-6-18-10/h8,10H,3-7H2,1-2H3,(H,15,16,17). The quantitative estimate of drug-likeness (QED) is 0.919. The Kier molecular flexibility index (Phi) is 4.90. The van der Waals surface area contributed by atoms with E-state index < -0.39 is 0 Å². The molecule has 18 heavy (non-hydrogen) atoms. The minimum absolute atomic E-state index is 0.0400. The molecule has 2 heterocycles. The summed E-state index contributed by atoms with van der Waals surface area (Å²) in [5.74, 6) is 2.54. The van der Waals surface area contributed by atoms with Crippen LogP contribution in [0.4, 0.5) is 0 Å². The molecule has 1 saturated heterocycles. The third-order valence-corrected chi connectivity index (χ3v) is 5.24. The second-order valence-electron chi connectivity index (χ2n) is 5.17. The fourth-order valence-electron chi connectivity index (χ4n) is 2.16. The first-order valence-corrected chi connectivity index (χ1v) is 8.32. The van der Waals surface area contributed by atoms with Gasteiger partial charge < -0.3 is 4.98 Å². The van der Waals surface area contributed by atoms with Crippen molar-refractivity contribution in [2.24, 2.45) is 5.92 Å². The van der Waals surface area contributed by atoms with Crippen molar-refractivity contribution >= 4 is 27.7 Å². The minimum Gasteiger partial charge on any atom is -0.309 e. The molecule has 100 valence electrons. The van der Waals surface area contributed by atoms with E-state index in [0.29, 0.717) is 15.6 Å². The van der Waals surface area contributed by atoms with Crippen LogP contribution < -0.4 is 5.56 Å². The van der Waals surface area contributed by atoms with Crippen LogP contribution in [0.15, 0.2) is 9.27 Å². The predicted molar refractivity (Wildman–Crippen MR) is 80.1 cm³/mol. The number of H-pyrrole nitrogens is 1. The highest BCUT2D eigenvalue weighted by molar-refractivity contribution is 9.10. The normalized spacial score (nSPS) is 20.3. The Balaban J connectivity index is 2.30. The van der Waals surface area contributed by atoms with Crippen LogP contribution in [-0.2, 0) is 6.42 Å². The minimum atomic E-state index is -0.0400. The summed E-state index contributed by atoms with van der Waals surface area (Å²) < 4.78 is 0.598. The highest BCUT2D eigenvalue weighted by Gasteiger charge is 2.20. The van der Waals surface area contributed by atoms with E-state index in [-0.39, 0.29) is 5.56 Å². The highest BCUT2D eigenvalue weighted by atomic mass is 79.9. The predicted octanol–water partition coefficient (Wildman–Crippen LogP) is 3.69. The molecule has 0 aromatic carbocycles. The fraction of sp³-hybridized carbons (Fsp3) is 0.692. The first-order chi connectivity index (χ1) is 8.58. The Labute approximate surface area is 120 Å². The van der Waals surface area contributed by atoms with Gasteiger partial charge >= 0.3 is 0 Å². The molecular weight excluding hydrogens is 312 g/mol. The van der Waals surface area contributed by atoms with Gasteiger partial charge in [-0.25, -0.2) is 4.98 Å². The molecule has 0 saturated carbocycles. The molecule has 1 aromatic rings. The summed E-state index contributed by atoms with van der Waals surface area (Å²) in [6.45, 7) is 4.29. The SMILES string of the molecule is CC(C)Cc1nc(C2CCCCS2)[nH]c(=O)c1Br. The van der Waals surface area contributed by atoms with Crippen LogP contribution in [0.1, 0.15) is 49.9 Å². The first-order valence-electron chi connectivity index (χ1n) is 6.48. The summed E-state index contributed by atoms with van der Waals surface area (Å²) in [4.78, 5) is 19.5. The van der Waals surface area contributed by atoms with E-state index >= 15 is 0 Å². The lowest BCUT2D eigenvalue weighted by atomic mass is 10.1. The van der Waals surface area contributed by atoms with Crippen molar-refractivity contribution in [2.75, 3.05) is 5.75 Å². The number of aromatic nitrogens is 2. The van der Waals surface area contributed by atoms with Gasteiger partial charge in [0.15, 0.2) is 0 Å². The second-order valence-corrected chi connectivity index (χ2v) is 7.27. The lowest BCUT2D eigenvalue weighted by Gasteiger charge is -2.21. The van der Waals surface area contributed by atoms with Crippen molar-refractivity contribution in [1.29, 1.82) is 0 Å². The Morgan fingerprint density at radius 3 is 2.89 bits per heavy atom. The van der Waals surface area contributed by atoms with Gasteiger partial charge in [0.05, 0.1) is 10.9 Å². The third kappa shape index (κ3) is 3.38. The lowest BCUT2D eigenvalue weighted by molar-refractivity contribution is 0.614. The number of hydrogen-bond acceptors (Lipinski definition) is 3. The van der Waals surface area contributed by atoms with Crippen molar-refractivity contribution in [3.05, 3.63) is 26.3 Å². The summed E-state index contributed by atoms with van der Waals surface area (Å²) in [5, 5.41) is 0.366. The van der Waals surface area contributed by atoms with Gasteiger partial charge in [0, 0.05) is 0 Å². The van der Waals surface area contributed by atoms with E-state index in [0.717, 1.165) is 24.4 Å². The molecule has 1 fully saturated rings. The topological polar surface area (TPSA) is 45.8 Å². The molecule has 1 N–H and O–H groups in total. The molecule has 5 heteroatoms. The molecule has 1 atom stereocenters. The summed E-state index contributed by atoms with van der Waals surface area (Å²) in [6, 6.07) is 0. The molecule has 1 aliphatic heterocycles. The Morgan fingerprint density at radius 1 is 1.50 bits per heavy atom. The van der Waals surface area contributed by atoms with Gasteiger partial charge in [0.1, 0.15) is 10.3 Å². The Hall–Kier alpha value is -0.290. The van der Waals surface area contributed by atoms with Crippen molar-refractivity contribution in [2.45, 2.75) is 44.8 Å². The largest absolute Gasteiger partial charge is 0.309 e. The number of nitrogens with zero attached hydrogens (tertiary/aromatic N) is 1. The molecule has 2 rings (SSSR count). The van der Waals surface area contributed by atoms with E-state index in [9.17, 15) is 4.79 Å². The van der Waals surface area contributed by atoms with Gasteiger partial charge in [-0.1, -0.05) is 20.3 Å². The molecule has 0 amide bonds. The van der Waals surface area contributed by atoms with Crippen molar-refractivity contribution in [3.63, 3.8) is 0 Å². The number of thioether (sulfide) groups is 1. The van der Waals surface area contributed by atoms with Crippen LogP contribution >= 0.6 is 27.7 Å². The van der Waals surface area contributed by atoms with Gasteiger partial charge in [0.25, 0.3) is 5.56 Å². The maximum atomic E-state index is 11.9. The molecule has 0 aliphatic carbocycles. The molecular formula is C13H19BrN2OS. The monoisotopic (exact) mass is 330 g/mol. The Morgan fingerprint density at radius 2 is 2.28 bits per heavy atom. The van der Waals surface area contributed by atoms with Crippen LogP contribution in [0.25, 0.3) is 0 Å². The fourth-order valence-corrected chi connectivity index (χ4v) is 3.76. The molecule has 0 radical (unpaired) electrons. The summed E-state index contributed by atoms with van der Waals surface area (Å²) >= 11 is 5.26. The van der Waals surface area contributed by atoms with Crippen molar-refractivity contribution in [1.82, 2.24) is 9.97 Å². The van der Waals surface area contributed by atoms with Crippen molar-refractivity contribution < 1.29 is 0 Å². The number of aromatic amines is 1. The maximum Gasteiger partial charge on any atom is 0.265 e. The second kappa shape index (κ2) is 6.24. The Bertz CT molecular complexity index is 467. The van der Waals surface area contributed by atoms with E-state index in [1.807, 2.05) is 11.8 Å². The van der Waals surface area contributed by atoms with Gasteiger partial charge in [0.2, 0.25) is 0 Å². The zero-order valence-corrected chi connectivity index (χ0v) is 13.2. The molecule has 0 spiro atoms. The van der Waals surface area contributed by atoms with Gasteiger partial charge in [-0.2, -0.15) is 11.8 Å². The molecule has 1 aliphatic rings. The molecule has 1 unspecified atom stereocenters. The lowest BCUT2D eigenvalue weighted by Crippen LogP contribution is -2.19. The molecule has 1 aromatic heterocycles. The number of rotatable bonds is 3. The maximum absolute atomic E-state index is 11.9. The highest BCUT2D eigenvalue weighted by Crippen LogP contribution is 2.36. The van der Waals surface area contributed by atoms with E-state index in [4.69, 9.17) is 0 Å². The average Bonchev–Trinajstić information content (AvgIpc) is 2.35. The molecule has 0 bridgehead atoms. The van der Waals surface area contributed by atoms with E-state index in [1.54, 1.807) is 0 Å². The van der Waals surface area contributed by atoms with Gasteiger partial charge in [-0.3, -0.25) is 4.79 Å². The molecule has 3 nitrogen and oxygen atoms in total.